The minimum atomic E-state index is -0.808. The lowest BCUT2D eigenvalue weighted by Crippen LogP contribution is -2.54. The van der Waals surface area contributed by atoms with Crippen molar-refractivity contribution in [1.82, 2.24) is 4.90 Å². The average Bonchev–Trinajstić information content (AvgIpc) is 2.45. The molecule has 1 N–H and O–H groups in total. The molecule has 2 fully saturated rings. The molecule has 0 heterocycles. The Morgan fingerprint density at radius 1 is 0.950 bits per heavy atom. The van der Waals surface area contributed by atoms with E-state index < -0.39 is 12.0 Å². The molecule has 0 radical (unpaired) electrons. The quantitative estimate of drug-likeness (QED) is 0.861. The number of amides is 1. The van der Waals surface area contributed by atoms with Gasteiger partial charge in [0.2, 0.25) is 5.91 Å². The van der Waals surface area contributed by atoms with Crippen molar-refractivity contribution in [2.45, 2.75) is 83.2 Å². The van der Waals surface area contributed by atoms with Crippen LogP contribution >= 0.6 is 0 Å². The van der Waals surface area contributed by atoms with E-state index in [2.05, 4.69) is 0 Å². The van der Waals surface area contributed by atoms with Gasteiger partial charge in [-0.2, -0.15) is 0 Å². The zero-order valence-electron chi connectivity index (χ0n) is 12.5. The fraction of sp³-hybridized carbons (Fsp3) is 0.875. The summed E-state index contributed by atoms with van der Waals surface area (Å²) in [6.45, 7) is 1.54. The molecule has 4 nitrogen and oxygen atoms in total. The summed E-state index contributed by atoms with van der Waals surface area (Å²) in [5.74, 6) is -0.723. The molecule has 0 aromatic rings. The largest absolute Gasteiger partial charge is 0.480 e. The number of aliphatic carboxylic acids is 1. The Labute approximate surface area is 121 Å². The molecule has 0 aliphatic heterocycles. The van der Waals surface area contributed by atoms with Crippen LogP contribution < -0.4 is 0 Å². The Balaban J connectivity index is 2.17. The summed E-state index contributed by atoms with van der Waals surface area (Å²) in [7, 11) is 0. The molecular formula is C16H27NO3. The van der Waals surface area contributed by atoms with E-state index in [0.29, 0.717) is 0 Å². The van der Waals surface area contributed by atoms with Crippen molar-refractivity contribution in [3.05, 3.63) is 0 Å². The lowest BCUT2D eigenvalue weighted by atomic mass is 9.81. The summed E-state index contributed by atoms with van der Waals surface area (Å²) in [5, 5.41) is 9.68. The zero-order valence-corrected chi connectivity index (χ0v) is 12.5. The fourth-order valence-electron chi connectivity index (χ4n) is 4.04. The Morgan fingerprint density at radius 3 is 1.90 bits per heavy atom. The molecule has 20 heavy (non-hydrogen) atoms. The Kier molecular flexibility index (Phi) is 5.44. The van der Waals surface area contributed by atoms with Crippen LogP contribution in [0.2, 0.25) is 0 Å². The Morgan fingerprint density at radius 2 is 1.45 bits per heavy atom. The molecule has 0 bridgehead atoms. The van der Waals surface area contributed by atoms with Crippen LogP contribution in [0.3, 0.4) is 0 Å². The van der Waals surface area contributed by atoms with Crippen LogP contribution in [-0.2, 0) is 9.59 Å². The number of carbonyl (C=O) groups excluding carboxylic acids is 1. The van der Waals surface area contributed by atoms with Gasteiger partial charge in [-0.15, -0.1) is 0 Å². The van der Waals surface area contributed by atoms with Gasteiger partial charge in [0.1, 0.15) is 6.04 Å². The topological polar surface area (TPSA) is 57.6 Å². The van der Waals surface area contributed by atoms with Crippen LogP contribution in [0.5, 0.6) is 0 Å². The first kappa shape index (κ1) is 15.3. The summed E-state index contributed by atoms with van der Waals surface area (Å²) in [4.78, 5) is 25.6. The van der Waals surface area contributed by atoms with Crippen molar-refractivity contribution in [1.29, 1.82) is 0 Å². The molecule has 1 unspecified atom stereocenters. The molecule has 0 aromatic carbocycles. The molecule has 1 amide bonds. The maximum atomic E-state index is 12.1. The average molecular weight is 281 g/mol. The van der Waals surface area contributed by atoms with Crippen molar-refractivity contribution in [2.75, 3.05) is 0 Å². The molecule has 0 saturated heterocycles. The second kappa shape index (κ2) is 7.09. The molecule has 2 saturated carbocycles. The Bertz CT molecular complexity index is 310. The second-order valence-electron chi connectivity index (χ2n) is 6.40. The summed E-state index contributed by atoms with van der Waals surface area (Å²) in [5.41, 5.74) is 0. The summed E-state index contributed by atoms with van der Waals surface area (Å²) in [6.07, 6.45) is 10.7. The SMILES string of the molecule is CC(=O)N(C1CCCCC1)C(C(=O)O)C1CCCCC1. The smallest absolute Gasteiger partial charge is 0.326 e. The third-order valence-electron chi connectivity index (χ3n) is 4.98. The minimum absolute atomic E-state index is 0.0603. The predicted octanol–water partition coefficient (Wildman–Crippen LogP) is 3.20. The predicted molar refractivity (Wildman–Crippen MR) is 77.4 cm³/mol. The molecule has 0 aromatic heterocycles. The molecule has 4 heteroatoms. The first-order valence-corrected chi connectivity index (χ1v) is 8.13. The number of carbonyl (C=O) groups is 2. The third kappa shape index (κ3) is 3.53. The molecule has 1 atom stereocenters. The van der Waals surface area contributed by atoms with Gasteiger partial charge in [-0.3, -0.25) is 4.79 Å². The molecule has 2 aliphatic rings. The van der Waals surface area contributed by atoms with Crippen molar-refractivity contribution in [3.8, 4) is 0 Å². The van der Waals surface area contributed by atoms with Crippen LogP contribution in [-0.4, -0.2) is 34.0 Å². The van der Waals surface area contributed by atoms with Gasteiger partial charge in [0.25, 0.3) is 0 Å². The van der Waals surface area contributed by atoms with E-state index in [1.165, 1.54) is 19.8 Å². The highest BCUT2D eigenvalue weighted by atomic mass is 16.4. The van der Waals surface area contributed by atoms with E-state index in [9.17, 15) is 14.7 Å². The van der Waals surface area contributed by atoms with Gasteiger partial charge >= 0.3 is 5.97 Å². The summed E-state index contributed by atoms with van der Waals surface area (Å²) in [6, 6.07) is -0.458. The van der Waals surface area contributed by atoms with Crippen molar-refractivity contribution >= 4 is 11.9 Å². The van der Waals surface area contributed by atoms with E-state index in [4.69, 9.17) is 0 Å². The van der Waals surface area contributed by atoms with E-state index in [0.717, 1.165) is 51.4 Å². The standard InChI is InChI=1S/C16H27NO3/c1-12(18)17(14-10-6-3-7-11-14)15(16(19)20)13-8-4-2-5-9-13/h13-15H,2-11H2,1H3,(H,19,20). The van der Waals surface area contributed by atoms with Gasteiger partial charge in [-0.1, -0.05) is 38.5 Å². The first-order valence-electron chi connectivity index (χ1n) is 8.13. The highest BCUT2D eigenvalue weighted by Crippen LogP contribution is 2.33. The minimum Gasteiger partial charge on any atom is -0.480 e. The molecular weight excluding hydrogens is 254 g/mol. The number of hydrogen-bond acceptors (Lipinski definition) is 2. The van der Waals surface area contributed by atoms with Gasteiger partial charge in [0, 0.05) is 13.0 Å². The molecule has 0 spiro atoms. The highest BCUT2D eigenvalue weighted by molar-refractivity contribution is 5.82. The van der Waals surface area contributed by atoms with E-state index in [-0.39, 0.29) is 17.9 Å². The van der Waals surface area contributed by atoms with Crippen LogP contribution in [0.25, 0.3) is 0 Å². The highest BCUT2D eigenvalue weighted by Gasteiger charge is 2.39. The molecule has 2 aliphatic carbocycles. The number of nitrogens with zero attached hydrogens (tertiary/aromatic N) is 1. The number of carboxylic acids is 1. The Hall–Kier alpha value is -1.06. The maximum absolute atomic E-state index is 12.1. The van der Waals surface area contributed by atoms with Crippen LogP contribution in [0.15, 0.2) is 0 Å². The van der Waals surface area contributed by atoms with Crippen molar-refractivity contribution in [2.24, 2.45) is 5.92 Å². The van der Waals surface area contributed by atoms with Crippen LogP contribution in [0.1, 0.15) is 71.1 Å². The summed E-state index contributed by atoms with van der Waals surface area (Å²) < 4.78 is 0. The first-order chi connectivity index (χ1) is 9.61. The lowest BCUT2D eigenvalue weighted by Gasteiger charge is -2.41. The van der Waals surface area contributed by atoms with Gasteiger partial charge in [-0.05, 0) is 31.6 Å². The third-order valence-corrected chi connectivity index (χ3v) is 4.98. The number of rotatable bonds is 4. The van der Waals surface area contributed by atoms with Gasteiger partial charge in [0.15, 0.2) is 0 Å². The zero-order chi connectivity index (χ0) is 14.5. The van der Waals surface area contributed by atoms with Crippen molar-refractivity contribution in [3.63, 3.8) is 0 Å². The van der Waals surface area contributed by atoms with Crippen LogP contribution in [0.4, 0.5) is 0 Å². The van der Waals surface area contributed by atoms with E-state index in [1.807, 2.05) is 0 Å². The number of hydrogen-bond donors (Lipinski definition) is 1. The van der Waals surface area contributed by atoms with Crippen molar-refractivity contribution < 1.29 is 14.7 Å². The number of carboxylic acid groups (broad SMARTS) is 1. The van der Waals surface area contributed by atoms with Crippen LogP contribution in [0, 0.1) is 5.92 Å². The summed E-state index contributed by atoms with van der Waals surface area (Å²) >= 11 is 0. The van der Waals surface area contributed by atoms with E-state index >= 15 is 0 Å². The van der Waals surface area contributed by atoms with Gasteiger partial charge in [-0.25, -0.2) is 4.79 Å². The van der Waals surface area contributed by atoms with Gasteiger partial charge in [0.05, 0.1) is 0 Å². The maximum Gasteiger partial charge on any atom is 0.326 e. The van der Waals surface area contributed by atoms with E-state index in [1.54, 1.807) is 4.90 Å². The monoisotopic (exact) mass is 281 g/mol. The van der Waals surface area contributed by atoms with Gasteiger partial charge < -0.3 is 10.0 Å². The fourth-order valence-corrected chi connectivity index (χ4v) is 4.04. The molecule has 2 rings (SSSR count). The lowest BCUT2D eigenvalue weighted by molar-refractivity contribution is -0.155. The normalized spacial score (nSPS) is 23.2. The second-order valence-corrected chi connectivity index (χ2v) is 6.40. The molecule has 114 valence electrons.